The van der Waals surface area contributed by atoms with Crippen molar-refractivity contribution in [3.05, 3.63) is 34.6 Å². The van der Waals surface area contributed by atoms with Gasteiger partial charge in [0.1, 0.15) is 0 Å². The zero-order valence-corrected chi connectivity index (χ0v) is 12.8. The van der Waals surface area contributed by atoms with Crippen LogP contribution in [0, 0.1) is 0 Å². The van der Waals surface area contributed by atoms with E-state index in [4.69, 9.17) is 10.1 Å². The minimum atomic E-state index is 0.0824. The van der Waals surface area contributed by atoms with Gasteiger partial charge < -0.3 is 5.11 Å². The van der Waals surface area contributed by atoms with Crippen molar-refractivity contribution in [3.63, 3.8) is 0 Å². The average Bonchev–Trinajstić information content (AvgIpc) is 3.02. The van der Waals surface area contributed by atoms with Gasteiger partial charge in [-0.3, -0.25) is 9.36 Å². The van der Waals surface area contributed by atoms with Crippen molar-refractivity contribution < 1.29 is 5.11 Å². The van der Waals surface area contributed by atoms with Crippen molar-refractivity contribution in [2.45, 2.75) is 43.3 Å². The highest BCUT2D eigenvalue weighted by atomic mass is 32.2. The van der Waals surface area contributed by atoms with Crippen molar-refractivity contribution in [1.82, 2.24) is 9.55 Å². The molecule has 1 aliphatic carbocycles. The van der Waals surface area contributed by atoms with Crippen LogP contribution in [0.3, 0.4) is 0 Å². The molecule has 0 spiro atoms. The maximum atomic E-state index is 12.8. The van der Waals surface area contributed by atoms with Crippen LogP contribution in [-0.2, 0) is 0 Å². The molecule has 1 saturated carbocycles. The summed E-state index contributed by atoms with van der Waals surface area (Å²) in [5.41, 5.74) is 0.849. The van der Waals surface area contributed by atoms with Crippen LogP contribution >= 0.6 is 11.8 Å². The lowest BCUT2D eigenvalue weighted by Crippen LogP contribution is -2.26. The molecule has 4 nitrogen and oxygen atoms in total. The zero-order valence-electron chi connectivity index (χ0n) is 12.0. The second kappa shape index (κ2) is 6.62. The highest BCUT2D eigenvalue weighted by molar-refractivity contribution is 7.99. The Labute approximate surface area is 128 Å². The molecule has 0 radical (unpaired) electrons. The summed E-state index contributed by atoms with van der Waals surface area (Å²) in [5, 5.41) is 10.5. The van der Waals surface area contributed by atoms with Crippen molar-refractivity contribution in [1.29, 1.82) is 0 Å². The molecule has 2 aromatic rings. The van der Waals surface area contributed by atoms with Gasteiger partial charge in [-0.2, -0.15) is 0 Å². The topological polar surface area (TPSA) is 55.1 Å². The van der Waals surface area contributed by atoms with Gasteiger partial charge in [-0.05, 0) is 31.4 Å². The molecule has 5 heteroatoms. The molecule has 1 heterocycles. The fourth-order valence-electron chi connectivity index (χ4n) is 2.94. The van der Waals surface area contributed by atoms with Crippen molar-refractivity contribution in [3.8, 4) is 0 Å². The fourth-order valence-corrected chi connectivity index (χ4v) is 3.93. The van der Waals surface area contributed by atoms with Crippen molar-refractivity contribution in [2.24, 2.45) is 0 Å². The maximum Gasteiger partial charge on any atom is 0.262 e. The first-order valence-electron chi connectivity index (χ1n) is 7.56. The molecule has 0 atom stereocenters. The number of benzene rings is 1. The fraction of sp³-hybridized carbons (Fsp3) is 0.500. The summed E-state index contributed by atoms with van der Waals surface area (Å²) in [6, 6.07) is 7.84. The van der Waals surface area contributed by atoms with Crippen LogP contribution < -0.4 is 5.56 Å². The molecule has 112 valence electrons. The maximum absolute atomic E-state index is 12.8. The van der Waals surface area contributed by atoms with E-state index in [1.165, 1.54) is 12.8 Å². The predicted octanol–water partition coefficient (Wildman–Crippen LogP) is 2.99. The average molecular weight is 304 g/mol. The first kappa shape index (κ1) is 14.6. The molecule has 21 heavy (non-hydrogen) atoms. The second-order valence-electron chi connectivity index (χ2n) is 5.45. The number of aliphatic hydroxyl groups is 1. The largest absolute Gasteiger partial charge is 0.396 e. The van der Waals surface area contributed by atoms with Crippen molar-refractivity contribution in [2.75, 3.05) is 12.4 Å². The zero-order chi connectivity index (χ0) is 14.7. The second-order valence-corrected chi connectivity index (χ2v) is 6.51. The minimum absolute atomic E-state index is 0.0824. The Balaban J connectivity index is 2.08. The quantitative estimate of drug-likeness (QED) is 0.524. The summed E-state index contributed by atoms with van der Waals surface area (Å²) in [4.78, 5) is 17.5. The monoisotopic (exact) mass is 304 g/mol. The number of nitrogens with zero attached hydrogens (tertiary/aromatic N) is 2. The highest BCUT2D eigenvalue weighted by Crippen LogP contribution is 2.32. The van der Waals surface area contributed by atoms with E-state index >= 15 is 0 Å². The molecule has 1 aromatic carbocycles. The number of fused-ring (bicyclic) bond motifs is 1. The van der Waals surface area contributed by atoms with Gasteiger partial charge in [0.15, 0.2) is 5.16 Å². The van der Waals surface area contributed by atoms with Gasteiger partial charge in [-0.25, -0.2) is 4.98 Å². The van der Waals surface area contributed by atoms with Gasteiger partial charge in [0.05, 0.1) is 10.9 Å². The summed E-state index contributed by atoms with van der Waals surface area (Å²) in [6.07, 6.45) is 5.22. The number of thioether (sulfide) groups is 1. The third-order valence-electron chi connectivity index (χ3n) is 4.00. The summed E-state index contributed by atoms with van der Waals surface area (Å²) in [5.74, 6) is 0.786. The van der Waals surface area contributed by atoms with Gasteiger partial charge in [0.2, 0.25) is 0 Å². The Morgan fingerprint density at radius 2 is 2.05 bits per heavy atom. The molecule has 1 aromatic heterocycles. The summed E-state index contributed by atoms with van der Waals surface area (Å²) in [7, 11) is 0. The van der Waals surface area contributed by atoms with E-state index in [1.54, 1.807) is 11.8 Å². The third-order valence-corrected chi connectivity index (χ3v) is 5.04. The number of aromatic nitrogens is 2. The Morgan fingerprint density at radius 1 is 1.29 bits per heavy atom. The highest BCUT2D eigenvalue weighted by Gasteiger charge is 2.22. The van der Waals surface area contributed by atoms with Gasteiger partial charge in [-0.15, -0.1) is 0 Å². The molecular formula is C16H20N2O2S. The van der Waals surface area contributed by atoms with E-state index in [-0.39, 0.29) is 18.2 Å². The third kappa shape index (κ3) is 2.99. The van der Waals surface area contributed by atoms with E-state index in [2.05, 4.69) is 0 Å². The minimum Gasteiger partial charge on any atom is -0.396 e. The number of hydrogen-bond acceptors (Lipinski definition) is 4. The van der Waals surface area contributed by atoms with E-state index in [0.29, 0.717) is 5.39 Å². The number of para-hydroxylation sites is 1. The van der Waals surface area contributed by atoms with Gasteiger partial charge in [0, 0.05) is 18.4 Å². The lowest BCUT2D eigenvalue weighted by molar-refractivity contribution is 0.296. The van der Waals surface area contributed by atoms with E-state index < -0.39 is 0 Å². The summed E-state index contributed by atoms with van der Waals surface area (Å²) < 4.78 is 1.90. The lowest BCUT2D eigenvalue weighted by atomic mass is 10.2. The van der Waals surface area contributed by atoms with Crippen LogP contribution in [0.4, 0.5) is 0 Å². The molecule has 0 bridgehead atoms. The SMILES string of the molecule is O=c1c2ccccc2nc(SCCCO)n1C1CCCC1. The van der Waals surface area contributed by atoms with Crippen LogP contribution in [0.5, 0.6) is 0 Å². The first-order valence-corrected chi connectivity index (χ1v) is 8.55. The van der Waals surface area contributed by atoms with Crippen LogP contribution in [0.25, 0.3) is 10.9 Å². The normalized spacial score (nSPS) is 15.9. The summed E-state index contributed by atoms with van der Waals surface area (Å²) >= 11 is 1.58. The van der Waals surface area contributed by atoms with Gasteiger partial charge >= 0.3 is 0 Å². The molecule has 0 amide bonds. The molecule has 1 N–H and O–H groups in total. The number of rotatable bonds is 5. The Bertz CT molecular complexity index is 678. The standard InChI is InChI=1S/C16H20N2O2S/c19-10-5-11-21-16-17-14-9-4-3-8-13(14)15(20)18(16)12-6-1-2-7-12/h3-4,8-9,12,19H,1-2,5-7,10-11H2. The molecule has 1 aliphatic rings. The Kier molecular flexibility index (Phi) is 4.60. The lowest BCUT2D eigenvalue weighted by Gasteiger charge is -2.18. The molecule has 0 saturated heterocycles. The van der Waals surface area contributed by atoms with E-state index in [9.17, 15) is 4.79 Å². The van der Waals surface area contributed by atoms with Crippen molar-refractivity contribution >= 4 is 22.7 Å². The predicted molar refractivity (Wildman–Crippen MR) is 85.9 cm³/mol. The van der Waals surface area contributed by atoms with Crippen LogP contribution in [0.2, 0.25) is 0 Å². The molecular weight excluding hydrogens is 284 g/mol. The number of hydrogen-bond donors (Lipinski definition) is 1. The Hall–Kier alpha value is -1.33. The Morgan fingerprint density at radius 3 is 2.81 bits per heavy atom. The molecule has 0 unspecified atom stereocenters. The summed E-state index contributed by atoms with van der Waals surface area (Å²) in [6.45, 7) is 0.175. The van der Waals surface area contributed by atoms with Crippen LogP contribution in [0.15, 0.2) is 34.2 Å². The van der Waals surface area contributed by atoms with Gasteiger partial charge in [0.25, 0.3) is 5.56 Å². The van der Waals surface area contributed by atoms with Crippen LogP contribution in [-0.4, -0.2) is 27.0 Å². The molecule has 0 aliphatic heterocycles. The van der Waals surface area contributed by atoms with Gasteiger partial charge in [-0.1, -0.05) is 36.7 Å². The van der Waals surface area contributed by atoms with Crippen LogP contribution in [0.1, 0.15) is 38.1 Å². The molecule has 1 fully saturated rings. The first-order chi connectivity index (χ1) is 10.3. The van der Waals surface area contributed by atoms with E-state index in [1.807, 2.05) is 28.8 Å². The molecule has 3 rings (SSSR count). The van der Waals surface area contributed by atoms with E-state index in [0.717, 1.165) is 35.7 Å². The smallest absolute Gasteiger partial charge is 0.262 e. The number of aliphatic hydroxyl groups excluding tert-OH is 1.